The third-order valence-corrected chi connectivity index (χ3v) is 8.72. The number of para-hydroxylation sites is 1. The zero-order valence-corrected chi connectivity index (χ0v) is 24.2. The summed E-state index contributed by atoms with van der Waals surface area (Å²) in [6.07, 6.45) is 1.76. The van der Waals surface area contributed by atoms with E-state index in [0.717, 1.165) is 54.0 Å². The molecule has 0 amide bonds. The van der Waals surface area contributed by atoms with Gasteiger partial charge in [-0.1, -0.05) is 38.1 Å². The Kier molecular flexibility index (Phi) is 9.20. The molecule has 4 aromatic rings. The van der Waals surface area contributed by atoms with Gasteiger partial charge in [0.25, 0.3) is 0 Å². The van der Waals surface area contributed by atoms with Gasteiger partial charge in [-0.25, -0.2) is 8.42 Å². The summed E-state index contributed by atoms with van der Waals surface area (Å²) in [6, 6.07) is 20.3. The van der Waals surface area contributed by atoms with Crippen molar-refractivity contribution < 1.29 is 22.6 Å². The van der Waals surface area contributed by atoms with E-state index < -0.39 is 9.84 Å². The molecule has 0 aliphatic heterocycles. The first kappa shape index (κ1) is 28.5. The summed E-state index contributed by atoms with van der Waals surface area (Å²) >= 11 is 0. The lowest BCUT2D eigenvalue weighted by molar-refractivity contribution is 0.264. The van der Waals surface area contributed by atoms with Crippen LogP contribution in [0, 0.1) is 0 Å². The molecule has 0 unspecified atom stereocenters. The van der Waals surface area contributed by atoms with E-state index in [9.17, 15) is 8.42 Å². The van der Waals surface area contributed by atoms with Crippen molar-refractivity contribution in [3.05, 3.63) is 78.0 Å². The van der Waals surface area contributed by atoms with E-state index in [4.69, 9.17) is 14.2 Å². The molecule has 1 N–H and O–H groups in total. The van der Waals surface area contributed by atoms with Crippen molar-refractivity contribution in [2.45, 2.75) is 42.4 Å². The fourth-order valence-corrected chi connectivity index (χ4v) is 6.43. The number of fused-ring (bicyclic) bond motifs is 1. The molecule has 0 saturated heterocycles. The second-order valence-corrected chi connectivity index (χ2v) is 11.9. The summed E-state index contributed by atoms with van der Waals surface area (Å²) in [4.78, 5) is 6.19. The van der Waals surface area contributed by atoms with Crippen LogP contribution in [0.4, 0.5) is 0 Å². The molecule has 0 atom stereocenters. The maximum absolute atomic E-state index is 13.6. The van der Waals surface area contributed by atoms with E-state index in [1.54, 1.807) is 38.5 Å². The quantitative estimate of drug-likeness (QED) is 0.203. The molecule has 0 bridgehead atoms. The zero-order chi connectivity index (χ0) is 28.0. The molecule has 0 radical (unpaired) electrons. The molecular formula is C31H38N2O5S. The van der Waals surface area contributed by atoms with Gasteiger partial charge in [-0.15, -0.1) is 0 Å². The molecule has 7 nitrogen and oxygen atoms in total. The maximum atomic E-state index is 13.6. The summed E-state index contributed by atoms with van der Waals surface area (Å²) in [7, 11) is 1.68. The lowest BCUT2D eigenvalue weighted by Gasteiger charge is -2.17. The van der Waals surface area contributed by atoms with Gasteiger partial charge in [-0.05, 0) is 73.8 Å². The Morgan fingerprint density at radius 2 is 1.62 bits per heavy atom. The Hall–Kier alpha value is -3.49. The number of nitrogens with one attached hydrogen (secondary N) is 1. The molecule has 4 rings (SSSR count). The van der Waals surface area contributed by atoms with Crippen molar-refractivity contribution in [1.82, 2.24) is 9.88 Å². The number of methoxy groups -OCH3 is 2. The Morgan fingerprint density at radius 3 is 2.31 bits per heavy atom. The van der Waals surface area contributed by atoms with Gasteiger partial charge in [0.15, 0.2) is 11.5 Å². The Labute approximate surface area is 231 Å². The van der Waals surface area contributed by atoms with Crippen molar-refractivity contribution in [3.63, 3.8) is 0 Å². The van der Waals surface area contributed by atoms with Crippen molar-refractivity contribution in [2.24, 2.45) is 0 Å². The summed E-state index contributed by atoms with van der Waals surface area (Å²) < 4.78 is 43.9. The van der Waals surface area contributed by atoms with Crippen LogP contribution in [0.5, 0.6) is 17.2 Å². The number of rotatable bonds is 13. The molecule has 39 heavy (non-hydrogen) atoms. The third kappa shape index (κ3) is 6.57. The molecule has 0 aliphatic rings. The van der Waals surface area contributed by atoms with Crippen molar-refractivity contribution in [2.75, 3.05) is 41.0 Å². The highest BCUT2D eigenvalue weighted by Gasteiger charge is 2.27. The lowest BCUT2D eigenvalue weighted by atomic mass is 10.1. The number of aromatic amines is 1. The molecule has 0 aliphatic carbocycles. The largest absolute Gasteiger partial charge is 0.494 e. The van der Waals surface area contributed by atoms with Gasteiger partial charge in [0.2, 0.25) is 9.84 Å². The standard InChI is InChI=1S/C31H38N2O5S/c1-22(2)30-31(26-9-6-7-10-27(26)32-30)39(34,35)25-14-12-24(13-15-25)38-20-8-18-33(3)19-17-23-11-16-28(36-4)29(21-23)37-5/h6-7,9-16,21-22,32H,8,17-20H2,1-5H3. The minimum Gasteiger partial charge on any atom is -0.494 e. The van der Waals surface area contributed by atoms with Crippen LogP contribution in [0.1, 0.15) is 37.4 Å². The smallest absolute Gasteiger partial charge is 0.208 e. The number of benzene rings is 3. The molecule has 1 heterocycles. The summed E-state index contributed by atoms with van der Waals surface area (Å²) in [5.74, 6) is 2.18. The zero-order valence-electron chi connectivity index (χ0n) is 23.4. The van der Waals surface area contributed by atoms with Gasteiger partial charge in [-0.3, -0.25) is 0 Å². The Morgan fingerprint density at radius 1 is 0.897 bits per heavy atom. The molecule has 0 spiro atoms. The second kappa shape index (κ2) is 12.6. The van der Waals surface area contributed by atoms with Crippen molar-refractivity contribution >= 4 is 20.7 Å². The number of hydrogen-bond donors (Lipinski definition) is 1. The van der Waals surface area contributed by atoms with Gasteiger partial charge >= 0.3 is 0 Å². The second-order valence-electron chi connectivity index (χ2n) is 9.99. The third-order valence-electron chi connectivity index (χ3n) is 6.85. The van der Waals surface area contributed by atoms with Crippen LogP contribution in [0.25, 0.3) is 10.9 Å². The predicted octanol–water partition coefficient (Wildman–Crippen LogP) is 6.08. The number of sulfone groups is 1. The number of hydrogen-bond acceptors (Lipinski definition) is 6. The van der Waals surface area contributed by atoms with Crippen LogP contribution >= 0.6 is 0 Å². The first-order chi connectivity index (χ1) is 18.7. The minimum atomic E-state index is -3.70. The Bertz CT molecular complexity index is 1490. The highest BCUT2D eigenvalue weighted by Crippen LogP contribution is 2.35. The number of ether oxygens (including phenoxy) is 3. The van der Waals surface area contributed by atoms with Crippen LogP contribution in [-0.2, 0) is 16.3 Å². The molecule has 3 aromatic carbocycles. The van der Waals surface area contributed by atoms with Gasteiger partial charge < -0.3 is 24.1 Å². The predicted molar refractivity (Wildman–Crippen MR) is 155 cm³/mol. The van der Waals surface area contributed by atoms with E-state index in [-0.39, 0.29) is 10.8 Å². The first-order valence-corrected chi connectivity index (χ1v) is 14.7. The topological polar surface area (TPSA) is 80.9 Å². The average Bonchev–Trinajstić information content (AvgIpc) is 3.35. The van der Waals surface area contributed by atoms with Gasteiger partial charge in [0.1, 0.15) is 10.6 Å². The average molecular weight is 551 g/mol. The highest BCUT2D eigenvalue weighted by atomic mass is 32.2. The lowest BCUT2D eigenvalue weighted by Crippen LogP contribution is -2.23. The fraction of sp³-hybridized carbons (Fsp3) is 0.355. The SMILES string of the molecule is COc1ccc(CCN(C)CCCOc2ccc(S(=O)(=O)c3c(C(C)C)[nH]c4ccccc34)cc2)cc1OC. The Balaban J connectivity index is 1.31. The number of aromatic nitrogens is 1. The monoisotopic (exact) mass is 550 g/mol. The molecule has 8 heteroatoms. The number of nitrogens with zero attached hydrogens (tertiary/aromatic N) is 1. The molecular weight excluding hydrogens is 512 g/mol. The van der Waals surface area contributed by atoms with E-state index in [0.29, 0.717) is 17.3 Å². The van der Waals surface area contributed by atoms with E-state index in [2.05, 4.69) is 23.0 Å². The van der Waals surface area contributed by atoms with E-state index >= 15 is 0 Å². The van der Waals surface area contributed by atoms with Crippen LogP contribution in [0.15, 0.2) is 76.5 Å². The summed E-state index contributed by atoms with van der Waals surface area (Å²) in [5.41, 5.74) is 2.75. The van der Waals surface area contributed by atoms with Crippen LogP contribution < -0.4 is 14.2 Å². The van der Waals surface area contributed by atoms with Crippen LogP contribution in [-0.4, -0.2) is 59.3 Å². The van der Waals surface area contributed by atoms with E-state index in [1.807, 2.05) is 50.2 Å². The molecule has 1 aromatic heterocycles. The maximum Gasteiger partial charge on any atom is 0.208 e. The van der Waals surface area contributed by atoms with E-state index in [1.165, 1.54) is 5.56 Å². The highest BCUT2D eigenvalue weighted by molar-refractivity contribution is 7.91. The number of likely N-dealkylation sites (N-methyl/N-ethyl adjacent to an activating group) is 1. The fourth-order valence-electron chi connectivity index (χ4n) is 4.66. The molecule has 0 fully saturated rings. The first-order valence-electron chi connectivity index (χ1n) is 13.2. The number of H-pyrrole nitrogens is 1. The van der Waals surface area contributed by atoms with Gasteiger partial charge in [0, 0.05) is 29.7 Å². The summed E-state index contributed by atoms with van der Waals surface area (Å²) in [5, 5.41) is 0.719. The summed E-state index contributed by atoms with van der Waals surface area (Å²) in [6.45, 7) is 6.34. The van der Waals surface area contributed by atoms with Crippen LogP contribution in [0.3, 0.4) is 0 Å². The van der Waals surface area contributed by atoms with Gasteiger partial charge in [-0.2, -0.15) is 0 Å². The van der Waals surface area contributed by atoms with Gasteiger partial charge in [0.05, 0.1) is 25.7 Å². The van der Waals surface area contributed by atoms with Crippen molar-refractivity contribution in [1.29, 1.82) is 0 Å². The van der Waals surface area contributed by atoms with Crippen molar-refractivity contribution in [3.8, 4) is 17.2 Å². The normalized spacial score (nSPS) is 11.9. The van der Waals surface area contributed by atoms with Crippen LogP contribution in [0.2, 0.25) is 0 Å². The molecule has 0 saturated carbocycles. The molecule has 208 valence electrons. The minimum absolute atomic E-state index is 0.0435.